The number of halogens is 1. The first kappa shape index (κ1) is 22.0. The Morgan fingerprint density at radius 2 is 2.00 bits per heavy atom. The largest absolute Gasteiger partial charge is 0.493 e. The fourth-order valence-electron chi connectivity index (χ4n) is 3.36. The molecule has 1 unspecified atom stereocenters. The number of benzene rings is 1. The normalized spacial score (nSPS) is 16.5. The molecule has 0 saturated carbocycles. The minimum absolute atomic E-state index is 0. The number of fused-ring (bicyclic) bond motifs is 1. The van der Waals surface area contributed by atoms with E-state index in [4.69, 9.17) is 9.47 Å². The lowest BCUT2D eigenvalue weighted by Gasteiger charge is -2.32. The number of nitrogens with one attached hydrogen (secondary N) is 1. The summed E-state index contributed by atoms with van der Waals surface area (Å²) < 4.78 is 12.1. The molecule has 1 aliphatic rings. The molecule has 0 bridgehead atoms. The summed E-state index contributed by atoms with van der Waals surface area (Å²) in [5.41, 5.74) is 0.406. The monoisotopic (exact) mass is 410 g/mol. The minimum atomic E-state index is -0.149. The summed E-state index contributed by atoms with van der Waals surface area (Å²) in [6, 6.07) is 3.66. The number of carbonyl (C=O) groups is 1. The molecule has 0 radical (unpaired) electrons. The maximum atomic E-state index is 12.7. The van der Waals surface area contributed by atoms with Crippen molar-refractivity contribution in [1.29, 1.82) is 0 Å². The Balaban J connectivity index is 0.00000280. The molecule has 1 aromatic carbocycles. The highest BCUT2D eigenvalue weighted by Crippen LogP contribution is 2.29. The summed E-state index contributed by atoms with van der Waals surface area (Å²) in [4.78, 5) is 31.3. The Morgan fingerprint density at radius 3 is 2.68 bits per heavy atom. The predicted molar refractivity (Wildman–Crippen MR) is 110 cm³/mol. The van der Waals surface area contributed by atoms with Crippen LogP contribution < -0.4 is 20.3 Å². The van der Waals surface area contributed by atoms with E-state index in [9.17, 15) is 9.59 Å². The molecule has 3 rings (SSSR count). The third-order valence-electron chi connectivity index (χ3n) is 4.84. The fraction of sp³-hybridized carbons (Fsp3) is 0.526. The highest BCUT2D eigenvalue weighted by Gasteiger charge is 2.20. The van der Waals surface area contributed by atoms with Crippen LogP contribution in [0.25, 0.3) is 10.9 Å². The van der Waals surface area contributed by atoms with E-state index in [1.54, 1.807) is 23.8 Å². The van der Waals surface area contributed by atoms with E-state index < -0.39 is 0 Å². The van der Waals surface area contributed by atoms with Crippen LogP contribution in [-0.2, 0) is 11.3 Å². The summed E-state index contributed by atoms with van der Waals surface area (Å²) >= 11 is 0. The molecule has 154 valence electrons. The van der Waals surface area contributed by atoms with Crippen LogP contribution in [0.15, 0.2) is 23.3 Å². The molecule has 2 heterocycles. The zero-order valence-corrected chi connectivity index (χ0v) is 17.3. The number of rotatable bonds is 6. The van der Waals surface area contributed by atoms with Crippen molar-refractivity contribution in [2.45, 2.75) is 32.4 Å². The molecule has 28 heavy (non-hydrogen) atoms. The van der Waals surface area contributed by atoms with Crippen LogP contribution in [0, 0.1) is 0 Å². The van der Waals surface area contributed by atoms with Gasteiger partial charge in [-0.1, -0.05) is 0 Å². The second-order valence-corrected chi connectivity index (χ2v) is 6.77. The second kappa shape index (κ2) is 9.75. The Morgan fingerprint density at radius 1 is 1.29 bits per heavy atom. The number of nitrogens with zero attached hydrogens (tertiary/aromatic N) is 3. The molecule has 1 atom stereocenters. The molecule has 0 spiro atoms. The lowest BCUT2D eigenvalue weighted by atomic mass is 10.2. The van der Waals surface area contributed by atoms with Gasteiger partial charge in [0.05, 0.1) is 31.4 Å². The summed E-state index contributed by atoms with van der Waals surface area (Å²) in [5, 5.41) is 3.79. The number of hydrogen-bond donors (Lipinski definition) is 1. The van der Waals surface area contributed by atoms with E-state index in [1.807, 2.05) is 4.90 Å². The Hall–Kier alpha value is -2.32. The van der Waals surface area contributed by atoms with E-state index in [2.05, 4.69) is 17.2 Å². The zero-order valence-electron chi connectivity index (χ0n) is 16.4. The fourth-order valence-corrected chi connectivity index (χ4v) is 3.36. The first-order valence-corrected chi connectivity index (χ1v) is 9.15. The maximum Gasteiger partial charge on any atom is 0.261 e. The van der Waals surface area contributed by atoms with Gasteiger partial charge in [-0.15, -0.1) is 12.4 Å². The third-order valence-corrected chi connectivity index (χ3v) is 4.84. The molecule has 9 heteroatoms. The highest BCUT2D eigenvalue weighted by atomic mass is 35.5. The Bertz CT molecular complexity index is 886. The van der Waals surface area contributed by atoms with Crippen LogP contribution in [-0.4, -0.2) is 60.3 Å². The number of aryl methyl sites for hydroxylation is 1. The first-order chi connectivity index (χ1) is 13.0. The van der Waals surface area contributed by atoms with Crippen LogP contribution in [0.2, 0.25) is 0 Å². The number of hydrogen-bond acceptors (Lipinski definition) is 6. The van der Waals surface area contributed by atoms with Crippen molar-refractivity contribution in [1.82, 2.24) is 19.8 Å². The quantitative estimate of drug-likeness (QED) is 0.775. The van der Waals surface area contributed by atoms with Crippen LogP contribution in [0.3, 0.4) is 0 Å². The van der Waals surface area contributed by atoms with Gasteiger partial charge in [0.25, 0.3) is 5.56 Å². The minimum Gasteiger partial charge on any atom is -0.493 e. The van der Waals surface area contributed by atoms with Crippen molar-refractivity contribution in [2.75, 3.05) is 33.9 Å². The number of ether oxygens (including phenoxy) is 2. The predicted octanol–water partition coefficient (Wildman–Crippen LogP) is 1.44. The number of piperazine rings is 1. The standard InChI is InChI=1S/C19H26N4O4.ClH/c1-13-11-22(8-6-20-13)18(24)5-4-7-23-12-21-15-10-17(27-3)16(26-2)9-14(15)19(23)25;/h9-10,12-13,20H,4-8,11H2,1-3H3;1H. The molecule has 1 saturated heterocycles. The van der Waals surface area contributed by atoms with Gasteiger partial charge in [0.15, 0.2) is 11.5 Å². The van der Waals surface area contributed by atoms with Crippen molar-refractivity contribution >= 4 is 29.2 Å². The van der Waals surface area contributed by atoms with Crippen molar-refractivity contribution in [3.05, 3.63) is 28.8 Å². The number of amides is 1. The van der Waals surface area contributed by atoms with Crippen LogP contribution >= 0.6 is 12.4 Å². The Kier molecular flexibility index (Phi) is 7.65. The van der Waals surface area contributed by atoms with Gasteiger partial charge in [-0.25, -0.2) is 4.98 Å². The number of carbonyl (C=O) groups excluding carboxylic acids is 1. The summed E-state index contributed by atoms with van der Waals surface area (Å²) in [5.74, 6) is 1.16. The van der Waals surface area contributed by atoms with Crippen molar-refractivity contribution in [3.8, 4) is 11.5 Å². The van der Waals surface area contributed by atoms with Gasteiger partial charge in [-0.3, -0.25) is 14.2 Å². The van der Waals surface area contributed by atoms with Gasteiger partial charge in [-0.05, 0) is 19.4 Å². The molecule has 0 aliphatic carbocycles. The molecule has 1 N–H and O–H groups in total. The molecule has 8 nitrogen and oxygen atoms in total. The molecule has 1 aromatic heterocycles. The lowest BCUT2D eigenvalue weighted by Crippen LogP contribution is -2.51. The SMILES string of the molecule is COc1cc2ncn(CCCC(=O)N3CCNC(C)C3)c(=O)c2cc1OC.Cl. The topological polar surface area (TPSA) is 85.7 Å². The maximum absolute atomic E-state index is 12.7. The summed E-state index contributed by atoms with van der Waals surface area (Å²) in [7, 11) is 3.07. The first-order valence-electron chi connectivity index (χ1n) is 9.15. The smallest absolute Gasteiger partial charge is 0.261 e. The molecule has 2 aromatic rings. The lowest BCUT2D eigenvalue weighted by molar-refractivity contribution is -0.132. The van der Waals surface area contributed by atoms with Gasteiger partial charge >= 0.3 is 0 Å². The number of methoxy groups -OCH3 is 2. The second-order valence-electron chi connectivity index (χ2n) is 6.77. The van der Waals surface area contributed by atoms with Crippen molar-refractivity contribution in [2.24, 2.45) is 0 Å². The van der Waals surface area contributed by atoms with E-state index in [-0.39, 0.29) is 23.9 Å². The van der Waals surface area contributed by atoms with Crippen molar-refractivity contribution in [3.63, 3.8) is 0 Å². The highest BCUT2D eigenvalue weighted by molar-refractivity contribution is 5.85. The average Bonchev–Trinajstić information content (AvgIpc) is 2.68. The van der Waals surface area contributed by atoms with E-state index in [0.717, 1.165) is 19.6 Å². The van der Waals surface area contributed by atoms with Gasteiger partial charge in [0.1, 0.15) is 0 Å². The molecule has 1 fully saturated rings. The van der Waals surface area contributed by atoms with Crippen LogP contribution in [0.1, 0.15) is 19.8 Å². The summed E-state index contributed by atoms with van der Waals surface area (Å²) in [6.07, 6.45) is 2.54. The van der Waals surface area contributed by atoms with Crippen LogP contribution in [0.4, 0.5) is 0 Å². The van der Waals surface area contributed by atoms with E-state index >= 15 is 0 Å². The third kappa shape index (κ3) is 4.74. The number of aromatic nitrogens is 2. The molecular weight excluding hydrogens is 384 g/mol. The van der Waals surface area contributed by atoms with Crippen molar-refractivity contribution < 1.29 is 14.3 Å². The Labute approximate surface area is 170 Å². The van der Waals surface area contributed by atoms with Gasteiger partial charge < -0.3 is 19.7 Å². The average molecular weight is 411 g/mol. The molecule has 1 amide bonds. The van der Waals surface area contributed by atoms with E-state index in [1.165, 1.54) is 13.4 Å². The zero-order chi connectivity index (χ0) is 19.4. The van der Waals surface area contributed by atoms with Crippen LogP contribution in [0.5, 0.6) is 11.5 Å². The molecular formula is C19H27ClN4O4. The van der Waals surface area contributed by atoms with Gasteiger partial charge in [-0.2, -0.15) is 0 Å². The van der Waals surface area contributed by atoms with E-state index in [0.29, 0.717) is 47.8 Å². The molecule has 1 aliphatic heterocycles. The van der Waals surface area contributed by atoms with Gasteiger partial charge in [0, 0.05) is 44.7 Å². The summed E-state index contributed by atoms with van der Waals surface area (Å²) in [6.45, 7) is 4.82. The van der Waals surface area contributed by atoms with Gasteiger partial charge in [0.2, 0.25) is 5.91 Å².